The van der Waals surface area contributed by atoms with Crippen LogP contribution in [0.2, 0.25) is 0 Å². The van der Waals surface area contributed by atoms with Crippen molar-refractivity contribution in [2.24, 2.45) is 11.3 Å². The third-order valence-electron chi connectivity index (χ3n) is 9.95. The Labute approximate surface area is 276 Å². The van der Waals surface area contributed by atoms with Gasteiger partial charge in [0, 0.05) is 39.2 Å². The number of hydrogen-bond acceptors (Lipinski definition) is 2. The molecule has 224 valence electrons. The number of allylic oxidation sites excluding steroid dienone is 7. The molecule has 6 aromatic carbocycles. The maximum absolute atomic E-state index is 2.42. The summed E-state index contributed by atoms with van der Waals surface area (Å²) in [5, 5.41) is 2.46. The molecule has 0 saturated heterocycles. The molecule has 47 heavy (non-hydrogen) atoms. The van der Waals surface area contributed by atoms with Crippen LogP contribution in [0.15, 0.2) is 199 Å². The fourth-order valence-electron chi connectivity index (χ4n) is 7.50. The molecular weight excluding hydrogens is 569 g/mol. The average molecular weight is 603 g/mol. The van der Waals surface area contributed by atoms with Gasteiger partial charge >= 0.3 is 0 Å². The number of hydrogen-bond donors (Lipinski definition) is 0. The molecule has 1 spiro atoms. The van der Waals surface area contributed by atoms with Crippen molar-refractivity contribution in [2.45, 2.75) is 6.42 Å². The van der Waals surface area contributed by atoms with Crippen LogP contribution in [-0.4, -0.2) is 0 Å². The van der Waals surface area contributed by atoms with Crippen molar-refractivity contribution in [3.63, 3.8) is 0 Å². The Morgan fingerprint density at radius 1 is 0.489 bits per heavy atom. The van der Waals surface area contributed by atoms with Gasteiger partial charge in [0.15, 0.2) is 0 Å². The molecule has 3 aliphatic rings. The minimum Gasteiger partial charge on any atom is -0.310 e. The summed E-state index contributed by atoms with van der Waals surface area (Å²) in [5.74, 6) is 0.615. The van der Waals surface area contributed by atoms with E-state index in [9.17, 15) is 0 Å². The number of anilines is 5. The van der Waals surface area contributed by atoms with E-state index in [1.54, 1.807) is 0 Å². The smallest absolute Gasteiger partial charge is 0.0540 e. The third-order valence-corrected chi connectivity index (χ3v) is 9.95. The first kappa shape index (κ1) is 27.5. The highest BCUT2D eigenvalue weighted by Gasteiger charge is 2.55. The Hall–Kier alpha value is -5.86. The summed E-state index contributed by atoms with van der Waals surface area (Å²) >= 11 is 0. The van der Waals surface area contributed by atoms with Crippen LogP contribution in [0.5, 0.6) is 0 Å². The first-order valence-corrected chi connectivity index (χ1v) is 16.5. The Morgan fingerprint density at radius 3 is 1.77 bits per heavy atom. The molecular formula is C45H34N2. The summed E-state index contributed by atoms with van der Waals surface area (Å²) in [6.45, 7) is 0. The zero-order valence-electron chi connectivity index (χ0n) is 26.1. The second kappa shape index (κ2) is 11.2. The predicted molar refractivity (Wildman–Crippen MR) is 198 cm³/mol. The van der Waals surface area contributed by atoms with Crippen LogP contribution in [0.4, 0.5) is 28.4 Å². The molecule has 0 bridgehead atoms. The molecule has 1 saturated carbocycles. The molecule has 9 rings (SSSR count). The van der Waals surface area contributed by atoms with Gasteiger partial charge in [0.05, 0.1) is 5.69 Å². The first-order chi connectivity index (χ1) is 23.3. The van der Waals surface area contributed by atoms with E-state index in [2.05, 4.69) is 198 Å². The summed E-state index contributed by atoms with van der Waals surface area (Å²) in [6.07, 6.45) is 15.1. The zero-order chi connectivity index (χ0) is 31.2. The minimum atomic E-state index is 0.160. The fourth-order valence-corrected chi connectivity index (χ4v) is 7.50. The van der Waals surface area contributed by atoms with Gasteiger partial charge in [-0.3, -0.25) is 0 Å². The summed E-state index contributed by atoms with van der Waals surface area (Å²) < 4.78 is 0. The fraction of sp³-hybridized carbons (Fsp3) is 0.0667. The van der Waals surface area contributed by atoms with Crippen molar-refractivity contribution in [3.05, 3.63) is 199 Å². The van der Waals surface area contributed by atoms with E-state index in [0.29, 0.717) is 5.92 Å². The zero-order valence-corrected chi connectivity index (χ0v) is 26.1. The summed E-state index contributed by atoms with van der Waals surface area (Å²) in [6, 6.07) is 54.5. The minimum absolute atomic E-state index is 0.160. The summed E-state index contributed by atoms with van der Waals surface area (Å²) in [4.78, 5) is 4.77. The van der Waals surface area contributed by atoms with E-state index in [1.165, 1.54) is 51.0 Å². The van der Waals surface area contributed by atoms with E-state index >= 15 is 0 Å². The number of benzene rings is 6. The normalized spacial score (nSPS) is 18.9. The first-order valence-electron chi connectivity index (χ1n) is 16.5. The number of fused-ring (bicyclic) bond motifs is 1. The molecule has 2 heteroatoms. The van der Waals surface area contributed by atoms with Gasteiger partial charge in [0.2, 0.25) is 0 Å². The SMILES string of the molecule is C1=CC2=C(N(c3ccccc3)c3ccc(-c4ccc(N(c5ccccc5)c5cccc6ccccc56)cc4)cc3)C=CC3CC23C=C1. The quantitative estimate of drug-likeness (QED) is 0.179. The molecule has 0 heterocycles. The van der Waals surface area contributed by atoms with Gasteiger partial charge in [0.25, 0.3) is 0 Å². The molecule has 1 fully saturated rings. The largest absolute Gasteiger partial charge is 0.310 e. The van der Waals surface area contributed by atoms with Crippen LogP contribution in [0, 0.1) is 11.3 Å². The van der Waals surface area contributed by atoms with Gasteiger partial charge in [-0.2, -0.15) is 0 Å². The monoisotopic (exact) mass is 602 g/mol. The summed E-state index contributed by atoms with van der Waals surface area (Å²) in [5.41, 5.74) is 11.0. The molecule has 3 aliphatic carbocycles. The highest BCUT2D eigenvalue weighted by molar-refractivity contribution is 5.99. The standard InChI is InChI=1S/C45H34N2/c1-3-14-37(15-4-1)46(43-20-11-13-35-12-7-8-18-41(35)43)39-26-21-33(22-27-39)34-23-28-40(29-24-34)47(38-16-5-2-6-17-38)44-30-25-36-32-45(36)31-10-9-19-42(44)45/h1-31,36H,32H2. The van der Waals surface area contributed by atoms with Crippen LogP contribution >= 0.6 is 0 Å². The van der Waals surface area contributed by atoms with Crippen molar-refractivity contribution in [3.8, 4) is 11.1 Å². The molecule has 2 unspecified atom stereocenters. The van der Waals surface area contributed by atoms with Gasteiger partial charge < -0.3 is 9.80 Å². The lowest BCUT2D eigenvalue weighted by molar-refractivity contribution is 0.724. The Kier molecular flexibility index (Phi) is 6.53. The second-order valence-corrected chi connectivity index (χ2v) is 12.7. The van der Waals surface area contributed by atoms with E-state index in [4.69, 9.17) is 0 Å². The maximum Gasteiger partial charge on any atom is 0.0540 e. The van der Waals surface area contributed by atoms with Crippen LogP contribution in [-0.2, 0) is 0 Å². The molecule has 0 N–H and O–H groups in total. The predicted octanol–water partition coefficient (Wildman–Crippen LogP) is 12.1. The average Bonchev–Trinajstić information content (AvgIpc) is 3.86. The summed E-state index contributed by atoms with van der Waals surface area (Å²) in [7, 11) is 0. The Bertz CT molecular complexity index is 2200. The van der Waals surface area contributed by atoms with E-state index in [-0.39, 0.29) is 5.41 Å². The topological polar surface area (TPSA) is 6.48 Å². The van der Waals surface area contributed by atoms with Crippen LogP contribution < -0.4 is 9.80 Å². The lowest BCUT2D eigenvalue weighted by Gasteiger charge is -2.33. The lowest BCUT2D eigenvalue weighted by Crippen LogP contribution is -2.22. The van der Waals surface area contributed by atoms with Crippen molar-refractivity contribution < 1.29 is 0 Å². The molecule has 0 radical (unpaired) electrons. The highest BCUT2D eigenvalue weighted by Crippen LogP contribution is 2.64. The molecule has 0 aliphatic heterocycles. The molecule has 0 amide bonds. The number of para-hydroxylation sites is 2. The Balaban J connectivity index is 1.07. The van der Waals surface area contributed by atoms with Crippen molar-refractivity contribution in [1.82, 2.24) is 0 Å². The van der Waals surface area contributed by atoms with Crippen LogP contribution in [0.3, 0.4) is 0 Å². The van der Waals surface area contributed by atoms with Gasteiger partial charge in [-0.05, 0) is 95.1 Å². The molecule has 2 nitrogen and oxygen atoms in total. The van der Waals surface area contributed by atoms with Gasteiger partial charge in [0.1, 0.15) is 0 Å². The van der Waals surface area contributed by atoms with Crippen molar-refractivity contribution in [1.29, 1.82) is 0 Å². The second-order valence-electron chi connectivity index (χ2n) is 12.7. The molecule has 2 atom stereocenters. The lowest BCUT2D eigenvalue weighted by atomic mass is 9.84. The third kappa shape index (κ3) is 4.73. The Morgan fingerprint density at radius 2 is 1.06 bits per heavy atom. The van der Waals surface area contributed by atoms with Crippen LogP contribution in [0.1, 0.15) is 6.42 Å². The molecule has 6 aromatic rings. The highest BCUT2D eigenvalue weighted by atomic mass is 15.2. The van der Waals surface area contributed by atoms with Gasteiger partial charge in [-0.1, -0.05) is 127 Å². The van der Waals surface area contributed by atoms with Crippen LogP contribution in [0.25, 0.3) is 21.9 Å². The van der Waals surface area contributed by atoms with Gasteiger partial charge in [-0.15, -0.1) is 0 Å². The van der Waals surface area contributed by atoms with Crippen molar-refractivity contribution in [2.75, 3.05) is 9.80 Å². The van der Waals surface area contributed by atoms with E-state index < -0.39 is 0 Å². The van der Waals surface area contributed by atoms with E-state index in [1.807, 2.05) is 0 Å². The van der Waals surface area contributed by atoms with Gasteiger partial charge in [-0.25, -0.2) is 0 Å². The molecule has 0 aromatic heterocycles. The van der Waals surface area contributed by atoms with Crippen molar-refractivity contribution >= 4 is 39.2 Å². The number of rotatable bonds is 7. The maximum atomic E-state index is 2.42. The number of nitrogens with zero attached hydrogens (tertiary/aromatic N) is 2. The van der Waals surface area contributed by atoms with E-state index in [0.717, 1.165) is 17.1 Å².